The summed E-state index contributed by atoms with van der Waals surface area (Å²) in [6.45, 7) is 0. The first-order chi connectivity index (χ1) is 6.40. The van der Waals surface area contributed by atoms with Crippen LogP contribution in [0.25, 0.3) is 11.3 Å². The van der Waals surface area contributed by atoms with Crippen LogP contribution in [0.4, 0.5) is 0 Å². The standard InChI is InChI=1S/C10H9ClN2/c11-7-8-1-3-9(4-2-8)10-5-6-12-13-10/h1-6H,7H2,(H,12,13). The molecule has 3 heteroatoms. The van der Waals surface area contributed by atoms with E-state index in [0.29, 0.717) is 5.88 Å². The second-order valence-corrected chi connectivity index (χ2v) is 3.07. The zero-order chi connectivity index (χ0) is 9.10. The number of alkyl halides is 1. The van der Waals surface area contributed by atoms with Gasteiger partial charge in [-0.2, -0.15) is 5.10 Å². The average Bonchev–Trinajstić information content (AvgIpc) is 2.71. The van der Waals surface area contributed by atoms with Gasteiger partial charge in [-0.25, -0.2) is 0 Å². The molecule has 0 atom stereocenters. The van der Waals surface area contributed by atoms with E-state index in [9.17, 15) is 0 Å². The summed E-state index contributed by atoms with van der Waals surface area (Å²) in [5, 5.41) is 6.80. The lowest BCUT2D eigenvalue weighted by Gasteiger charge is -1.98. The fraction of sp³-hybridized carbons (Fsp3) is 0.100. The molecule has 0 unspecified atom stereocenters. The minimum absolute atomic E-state index is 0.559. The molecule has 1 N–H and O–H groups in total. The van der Waals surface area contributed by atoms with Crippen LogP contribution >= 0.6 is 11.6 Å². The minimum Gasteiger partial charge on any atom is -0.278 e. The van der Waals surface area contributed by atoms with Gasteiger partial charge in [0.1, 0.15) is 0 Å². The number of hydrogen-bond acceptors (Lipinski definition) is 1. The Balaban J connectivity index is 2.33. The van der Waals surface area contributed by atoms with E-state index in [2.05, 4.69) is 10.2 Å². The number of rotatable bonds is 2. The Morgan fingerprint density at radius 1 is 1.15 bits per heavy atom. The van der Waals surface area contributed by atoms with Gasteiger partial charge in [0.25, 0.3) is 0 Å². The first-order valence-corrected chi connectivity index (χ1v) is 4.58. The molecule has 0 bridgehead atoms. The number of hydrogen-bond donors (Lipinski definition) is 1. The number of aromatic amines is 1. The Kier molecular flexibility index (Phi) is 2.32. The van der Waals surface area contributed by atoms with Gasteiger partial charge < -0.3 is 0 Å². The summed E-state index contributed by atoms with van der Waals surface area (Å²) in [5.41, 5.74) is 3.29. The van der Waals surface area contributed by atoms with Gasteiger partial charge in [-0.15, -0.1) is 11.6 Å². The largest absolute Gasteiger partial charge is 0.278 e. The van der Waals surface area contributed by atoms with Gasteiger partial charge >= 0.3 is 0 Å². The highest BCUT2D eigenvalue weighted by Crippen LogP contribution is 2.17. The van der Waals surface area contributed by atoms with E-state index in [4.69, 9.17) is 11.6 Å². The van der Waals surface area contributed by atoms with E-state index in [-0.39, 0.29) is 0 Å². The van der Waals surface area contributed by atoms with Crippen molar-refractivity contribution in [1.29, 1.82) is 0 Å². The van der Waals surface area contributed by atoms with Crippen molar-refractivity contribution in [3.05, 3.63) is 42.1 Å². The van der Waals surface area contributed by atoms with Gasteiger partial charge in [0.05, 0.1) is 5.69 Å². The Hall–Kier alpha value is -1.28. The molecule has 0 aliphatic rings. The SMILES string of the molecule is ClCc1ccc(-c2ccn[nH]2)cc1. The fourth-order valence-electron chi connectivity index (χ4n) is 1.19. The third kappa shape index (κ3) is 1.73. The van der Waals surface area contributed by atoms with Crippen molar-refractivity contribution in [2.24, 2.45) is 0 Å². The van der Waals surface area contributed by atoms with E-state index in [0.717, 1.165) is 16.8 Å². The zero-order valence-electron chi connectivity index (χ0n) is 7.00. The number of aromatic nitrogens is 2. The van der Waals surface area contributed by atoms with Crippen LogP contribution in [0, 0.1) is 0 Å². The smallest absolute Gasteiger partial charge is 0.0650 e. The van der Waals surface area contributed by atoms with Crippen LogP contribution in [-0.2, 0) is 5.88 Å². The maximum Gasteiger partial charge on any atom is 0.0650 e. The molecule has 0 fully saturated rings. The Bertz CT molecular complexity index is 364. The first-order valence-electron chi connectivity index (χ1n) is 4.05. The Morgan fingerprint density at radius 3 is 2.46 bits per heavy atom. The third-order valence-corrected chi connectivity index (χ3v) is 2.23. The molecule has 0 amide bonds. The molecule has 0 saturated carbocycles. The van der Waals surface area contributed by atoms with Crippen molar-refractivity contribution in [1.82, 2.24) is 10.2 Å². The van der Waals surface area contributed by atoms with Crippen LogP contribution in [0.2, 0.25) is 0 Å². The molecular formula is C10H9ClN2. The monoisotopic (exact) mass is 192 g/mol. The van der Waals surface area contributed by atoms with Gasteiger partial charge in [-0.1, -0.05) is 24.3 Å². The zero-order valence-corrected chi connectivity index (χ0v) is 7.75. The number of benzene rings is 1. The summed E-state index contributed by atoms with van der Waals surface area (Å²) in [5.74, 6) is 0.559. The van der Waals surface area contributed by atoms with E-state index < -0.39 is 0 Å². The van der Waals surface area contributed by atoms with Crippen molar-refractivity contribution in [3.63, 3.8) is 0 Å². The molecule has 2 nitrogen and oxygen atoms in total. The molecule has 2 rings (SSSR count). The van der Waals surface area contributed by atoms with Crippen LogP contribution in [0.1, 0.15) is 5.56 Å². The maximum atomic E-state index is 5.68. The van der Waals surface area contributed by atoms with E-state index in [1.165, 1.54) is 0 Å². The van der Waals surface area contributed by atoms with Crippen LogP contribution in [-0.4, -0.2) is 10.2 Å². The number of nitrogens with one attached hydrogen (secondary N) is 1. The predicted molar refractivity (Wildman–Crippen MR) is 53.6 cm³/mol. The Morgan fingerprint density at radius 2 is 1.92 bits per heavy atom. The second-order valence-electron chi connectivity index (χ2n) is 2.80. The van der Waals surface area contributed by atoms with Crippen molar-refractivity contribution in [2.75, 3.05) is 0 Å². The third-order valence-electron chi connectivity index (χ3n) is 1.92. The normalized spacial score (nSPS) is 10.2. The highest BCUT2D eigenvalue weighted by Gasteiger charge is 1.97. The summed E-state index contributed by atoms with van der Waals surface area (Å²) < 4.78 is 0. The summed E-state index contributed by atoms with van der Waals surface area (Å²) >= 11 is 5.68. The molecule has 2 aromatic rings. The lowest BCUT2D eigenvalue weighted by molar-refractivity contribution is 1.09. The van der Waals surface area contributed by atoms with Crippen molar-refractivity contribution >= 4 is 11.6 Å². The molecule has 1 heterocycles. The molecule has 0 spiro atoms. The summed E-state index contributed by atoms with van der Waals surface area (Å²) in [4.78, 5) is 0. The van der Waals surface area contributed by atoms with E-state index >= 15 is 0 Å². The first kappa shape index (κ1) is 8.32. The van der Waals surface area contributed by atoms with Gasteiger partial charge in [0.15, 0.2) is 0 Å². The maximum absolute atomic E-state index is 5.68. The molecule has 1 aromatic carbocycles. The van der Waals surface area contributed by atoms with Gasteiger partial charge in [-0.05, 0) is 17.2 Å². The average molecular weight is 193 g/mol. The van der Waals surface area contributed by atoms with E-state index in [1.807, 2.05) is 30.3 Å². The second kappa shape index (κ2) is 3.62. The topological polar surface area (TPSA) is 28.7 Å². The Labute approximate surface area is 81.6 Å². The number of H-pyrrole nitrogens is 1. The molecule has 0 aliphatic carbocycles. The molecule has 13 heavy (non-hydrogen) atoms. The van der Waals surface area contributed by atoms with Crippen molar-refractivity contribution < 1.29 is 0 Å². The molecule has 0 saturated heterocycles. The molecule has 0 radical (unpaired) electrons. The lowest BCUT2D eigenvalue weighted by atomic mass is 10.1. The molecular weight excluding hydrogens is 184 g/mol. The van der Waals surface area contributed by atoms with Gasteiger partial charge in [-0.3, -0.25) is 5.10 Å². The summed E-state index contributed by atoms with van der Waals surface area (Å²) in [6.07, 6.45) is 1.74. The van der Waals surface area contributed by atoms with Crippen LogP contribution in [0.5, 0.6) is 0 Å². The lowest BCUT2D eigenvalue weighted by Crippen LogP contribution is -1.80. The van der Waals surface area contributed by atoms with Crippen molar-refractivity contribution in [2.45, 2.75) is 5.88 Å². The number of halogens is 1. The quantitative estimate of drug-likeness (QED) is 0.729. The summed E-state index contributed by atoms with van der Waals surface area (Å²) in [7, 11) is 0. The van der Waals surface area contributed by atoms with Gasteiger partial charge in [0.2, 0.25) is 0 Å². The molecule has 1 aromatic heterocycles. The van der Waals surface area contributed by atoms with E-state index in [1.54, 1.807) is 6.20 Å². The minimum atomic E-state index is 0.559. The van der Waals surface area contributed by atoms with Crippen LogP contribution in [0.15, 0.2) is 36.5 Å². The summed E-state index contributed by atoms with van der Waals surface area (Å²) in [6, 6.07) is 10.0. The van der Waals surface area contributed by atoms with Crippen LogP contribution < -0.4 is 0 Å². The molecule has 66 valence electrons. The molecule has 0 aliphatic heterocycles. The highest BCUT2D eigenvalue weighted by molar-refractivity contribution is 6.17. The number of nitrogens with zero attached hydrogens (tertiary/aromatic N) is 1. The van der Waals surface area contributed by atoms with Crippen molar-refractivity contribution in [3.8, 4) is 11.3 Å². The fourth-order valence-corrected chi connectivity index (χ4v) is 1.37. The highest BCUT2D eigenvalue weighted by atomic mass is 35.5. The predicted octanol–water partition coefficient (Wildman–Crippen LogP) is 2.82. The van der Waals surface area contributed by atoms with Crippen LogP contribution in [0.3, 0.4) is 0 Å². The van der Waals surface area contributed by atoms with Gasteiger partial charge in [0, 0.05) is 12.1 Å².